The lowest BCUT2D eigenvalue weighted by atomic mass is 10.0. The summed E-state index contributed by atoms with van der Waals surface area (Å²) in [5, 5.41) is 6.68. The van der Waals surface area contributed by atoms with Gasteiger partial charge in [0.05, 0.1) is 21.3 Å². The zero-order valence-electron chi connectivity index (χ0n) is 19.7. The number of benzene rings is 2. The molecule has 3 N–H and O–H groups in total. The summed E-state index contributed by atoms with van der Waals surface area (Å²) in [5.74, 6) is 0.986. The van der Waals surface area contributed by atoms with Crippen molar-refractivity contribution in [3.63, 3.8) is 0 Å². The Kier molecular flexibility index (Phi) is 7.82. The van der Waals surface area contributed by atoms with Gasteiger partial charge in [-0.1, -0.05) is 32.0 Å². The van der Waals surface area contributed by atoms with Crippen LogP contribution < -0.4 is 24.8 Å². The molecule has 2 aromatic carbocycles. The van der Waals surface area contributed by atoms with Gasteiger partial charge in [-0.25, -0.2) is 0 Å². The highest BCUT2D eigenvalue weighted by atomic mass is 16.5. The number of amides is 2. The molecule has 8 nitrogen and oxygen atoms in total. The molecule has 176 valence electrons. The number of rotatable bonds is 10. The average Bonchev–Trinajstić information content (AvgIpc) is 3.25. The van der Waals surface area contributed by atoms with E-state index >= 15 is 0 Å². The number of fused-ring (bicyclic) bond motifs is 1. The zero-order chi connectivity index (χ0) is 24.0. The summed E-state index contributed by atoms with van der Waals surface area (Å²) in [7, 11) is 4.53. The van der Waals surface area contributed by atoms with Gasteiger partial charge < -0.3 is 29.8 Å². The van der Waals surface area contributed by atoms with Crippen LogP contribution in [0.5, 0.6) is 17.2 Å². The van der Waals surface area contributed by atoms with Crippen LogP contribution in [0.15, 0.2) is 42.5 Å². The van der Waals surface area contributed by atoms with E-state index in [1.165, 1.54) is 21.3 Å². The highest BCUT2D eigenvalue weighted by Crippen LogP contribution is 2.39. The lowest BCUT2D eigenvalue weighted by Gasteiger charge is -2.21. The van der Waals surface area contributed by atoms with Crippen molar-refractivity contribution in [1.29, 1.82) is 0 Å². The smallest absolute Gasteiger partial charge is 0.268 e. The van der Waals surface area contributed by atoms with Crippen molar-refractivity contribution in [1.82, 2.24) is 10.3 Å². The van der Waals surface area contributed by atoms with Crippen LogP contribution in [-0.4, -0.2) is 44.2 Å². The summed E-state index contributed by atoms with van der Waals surface area (Å²) in [4.78, 5) is 29.3. The summed E-state index contributed by atoms with van der Waals surface area (Å²) in [6, 6.07) is 12.0. The average molecular weight is 454 g/mol. The van der Waals surface area contributed by atoms with E-state index in [0.717, 1.165) is 17.3 Å². The van der Waals surface area contributed by atoms with E-state index in [2.05, 4.69) is 29.5 Å². The maximum Gasteiger partial charge on any atom is 0.268 e. The number of hydrogen-bond donors (Lipinski definition) is 3. The normalized spacial score (nSPS) is 11.8. The largest absolute Gasteiger partial charge is 0.496 e. The summed E-state index contributed by atoms with van der Waals surface area (Å²) in [6.45, 7) is 4.15. The Hall–Kier alpha value is -3.68. The zero-order valence-corrected chi connectivity index (χ0v) is 19.7. The molecule has 0 saturated carbocycles. The summed E-state index contributed by atoms with van der Waals surface area (Å²) >= 11 is 0. The Morgan fingerprint density at radius 2 is 1.61 bits per heavy atom. The predicted molar refractivity (Wildman–Crippen MR) is 128 cm³/mol. The monoisotopic (exact) mass is 453 g/mol. The van der Waals surface area contributed by atoms with Crippen molar-refractivity contribution < 1.29 is 23.8 Å². The van der Waals surface area contributed by atoms with Crippen molar-refractivity contribution in [2.24, 2.45) is 5.92 Å². The van der Waals surface area contributed by atoms with Crippen LogP contribution in [0.25, 0.3) is 10.9 Å². The Bertz CT molecular complexity index is 1060. The first kappa shape index (κ1) is 24.0. The molecule has 33 heavy (non-hydrogen) atoms. The molecule has 0 aliphatic carbocycles. The molecule has 0 aliphatic rings. The van der Waals surface area contributed by atoms with Gasteiger partial charge in [-0.05, 0) is 30.9 Å². The van der Waals surface area contributed by atoms with Crippen LogP contribution in [0.2, 0.25) is 0 Å². The van der Waals surface area contributed by atoms with Gasteiger partial charge >= 0.3 is 0 Å². The van der Waals surface area contributed by atoms with Gasteiger partial charge in [0.25, 0.3) is 5.91 Å². The van der Waals surface area contributed by atoms with Crippen molar-refractivity contribution in [2.45, 2.75) is 32.7 Å². The van der Waals surface area contributed by atoms with Crippen molar-refractivity contribution in [3.8, 4) is 17.2 Å². The van der Waals surface area contributed by atoms with Crippen LogP contribution in [-0.2, 0) is 4.79 Å². The number of aromatic amines is 1. The molecule has 1 heterocycles. The number of H-pyrrole nitrogens is 1. The summed E-state index contributed by atoms with van der Waals surface area (Å²) in [6.07, 6.45) is 1.25. The van der Waals surface area contributed by atoms with Crippen LogP contribution in [0.1, 0.15) is 37.2 Å². The van der Waals surface area contributed by atoms with Crippen molar-refractivity contribution in [3.05, 3.63) is 48.2 Å². The fourth-order valence-electron chi connectivity index (χ4n) is 3.54. The molecule has 3 rings (SSSR count). The summed E-state index contributed by atoms with van der Waals surface area (Å²) < 4.78 is 16.1. The lowest BCUT2D eigenvalue weighted by molar-refractivity contribution is -0.118. The molecule has 1 aromatic heterocycles. The molecule has 0 fully saturated rings. The van der Waals surface area contributed by atoms with Gasteiger partial charge in [0.2, 0.25) is 5.91 Å². The Morgan fingerprint density at radius 3 is 2.18 bits per heavy atom. The second-order valence-electron chi connectivity index (χ2n) is 8.16. The van der Waals surface area contributed by atoms with E-state index in [1.807, 2.05) is 24.3 Å². The molecule has 2 amide bonds. The molecule has 0 aliphatic heterocycles. The van der Waals surface area contributed by atoms with Crippen molar-refractivity contribution >= 4 is 28.4 Å². The third-order valence-corrected chi connectivity index (χ3v) is 5.39. The highest BCUT2D eigenvalue weighted by Gasteiger charge is 2.25. The minimum absolute atomic E-state index is 0.344. The lowest BCUT2D eigenvalue weighted by Crippen LogP contribution is -2.44. The second kappa shape index (κ2) is 10.8. The molecular weight excluding hydrogens is 422 g/mol. The Labute approximate surface area is 193 Å². The van der Waals surface area contributed by atoms with E-state index in [1.54, 1.807) is 18.2 Å². The molecule has 0 radical (unpaired) electrons. The topological polar surface area (TPSA) is 102 Å². The molecule has 3 aromatic rings. The van der Waals surface area contributed by atoms with E-state index in [9.17, 15) is 9.59 Å². The number of nitrogens with one attached hydrogen (secondary N) is 3. The van der Waals surface area contributed by atoms with E-state index < -0.39 is 6.04 Å². The first-order valence-corrected chi connectivity index (χ1v) is 10.9. The molecule has 0 bridgehead atoms. The molecule has 1 atom stereocenters. The number of para-hydroxylation sites is 1. The Morgan fingerprint density at radius 1 is 0.939 bits per heavy atom. The van der Waals surface area contributed by atoms with Gasteiger partial charge in [0.15, 0.2) is 0 Å². The van der Waals surface area contributed by atoms with Gasteiger partial charge in [0, 0.05) is 23.0 Å². The van der Waals surface area contributed by atoms with Crippen LogP contribution in [0, 0.1) is 5.92 Å². The van der Waals surface area contributed by atoms with Gasteiger partial charge in [-0.3, -0.25) is 9.59 Å². The van der Waals surface area contributed by atoms with E-state index in [4.69, 9.17) is 14.2 Å². The fraction of sp³-hybridized carbons (Fsp3) is 0.360. The quantitative estimate of drug-likeness (QED) is 0.423. The van der Waals surface area contributed by atoms with Crippen LogP contribution in [0.4, 0.5) is 5.69 Å². The van der Waals surface area contributed by atoms with Crippen LogP contribution in [0.3, 0.4) is 0 Å². The number of hydrogen-bond acceptors (Lipinski definition) is 5. The highest BCUT2D eigenvalue weighted by molar-refractivity contribution is 6.03. The fourth-order valence-corrected chi connectivity index (χ4v) is 3.54. The molecule has 8 heteroatoms. The minimum Gasteiger partial charge on any atom is -0.496 e. The van der Waals surface area contributed by atoms with E-state index in [0.29, 0.717) is 41.0 Å². The maximum atomic E-state index is 13.3. The third-order valence-electron chi connectivity index (χ3n) is 5.39. The van der Waals surface area contributed by atoms with E-state index in [-0.39, 0.29) is 11.8 Å². The number of methoxy groups -OCH3 is 3. The molecular formula is C25H31N3O5. The molecule has 0 spiro atoms. The van der Waals surface area contributed by atoms with Crippen molar-refractivity contribution in [2.75, 3.05) is 26.6 Å². The maximum absolute atomic E-state index is 13.3. The third kappa shape index (κ3) is 5.77. The summed E-state index contributed by atoms with van der Waals surface area (Å²) in [5.41, 5.74) is 1.64. The minimum atomic E-state index is -0.747. The number of aromatic nitrogens is 1. The number of anilines is 1. The molecule has 0 saturated heterocycles. The number of ether oxygens (including phenoxy) is 3. The van der Waals surface area contributed by atoms with Gasteiger partial charge in [-0.15, -0.1) is 0 Å². The first-order valence-electron chi connectivity index (χ1n) is 10.9. The predicted octanol–water partition coefficient (Wildman–Crippen LogP) is 4.37. The standard InChI is InChI=1S/C25H31N3O5/c1-15(2)10-11-19(27-25(30)20-12-16-8-6-7-9-18(16)26-20)24(29)28-23-21(32-4)13-17(31-3)14-22(23)33-5/h6-9,12-15,19,26H,10-11H2,1-5H3,(H,27,30)(H,28,29). The number of carbonyl (C=O) groups excluding carboxylic acids is 2. The van der Waals surface area contributed by atoms with Crippen LogP contribution >= 0.6 is 0 Å². The number of carbonyl (C=O) groups is 2. The SMILES string of the molecule is COc1cc(OC)c(NC(=O)C(CCC(C)C)NC(=O)c2cc3ccccc3[nH]2)c(OC)c1. The Balaban J connectivity index is 1.84. The van der Waals surface area contributed by atoms with Gasteiger partial charge in [0.1, 0.15) is 34.7 Å². The first-order chi connectivity index (χ1) is 15.9. The second-order valence-corrected chi connectivity index (χ2v) is 8.16. The molecule has 1 unspecified atom stereocenters. The van der Waals surface area contributed by atoms with Gasteiger partial charge in [-0.2, -0.15) is 0 Å².